The lowest BCUT2D eigenvalue weighted by Crippen LogP contribution is -2.32. The van der Waals surface area contributed by atoms with Gasteiger partial charge in [-0.2, -0.15) is 5.26 Å². The van der Waals surface area contributed by atoms with Crippen molar-refractivity contribution in [3.05, 3.63) is 35.9 Å². The first-order valence-electron chi connectivity index (χ1n) is 5.67. The van der Waals surface area contributed by atoms with Crippen molar-refractivity contribution < 1.29 is 9.53 Å². The maximum absolute atomic E-state index is 11.6. The van der Waals surface area contributed by atoms with Gasteiger partial charge in [-0.3, -0.25) is 5.32 Å². The Bertz CT molecular complexity index is 425. The summed E-state index contributed by atoms with van der Waals surface area (Å²) in [7, 11) is 0. The molecule has 0 saturated carbocycles. The van der Waals surface area contributed by atoms with Gasteiger partial charge in [-0.05, 0) is 25.0 Å². The van der Waals surface area contributed by atoms with Crippen LogP contribution in [0.4, 0.5) is 0 Å². The van der Waals surface area contributed by atoms with Crippen molar-refractivity contribution in [1.29, 1.82) is 5.26 Å². The van der Waals surface area contributed by atoms with Crippen LogP contribution >= 0.6 is 0 Å². The van der Waals surface area contributed by atoms with E-state index in [1.807, 2.05) is 6.07 Å². The van der Waals surface area contributed by atoms with E-state index in [0.29, 0.717) is 12.2 Å². The molecule has 2 rings (SSSR count). The smallest absolute Gasteiger partial charge is 0.338 e. The molecule has 0 unspecified atom stereocenters. The highest BCUT2D eigenvalue weighted by Gasteiger charge is 2.24. The minimum absolute atomic E-state index is 0.101. The van der Waals surface area contributed by atoms with E-state index in [1.165, 1.54) is 0 Å². The number of nitrogens with zero attached hydrogens (tertiary/aromatic N) is 1. The molecule has 1 aromatic rings. The highest BCUT2D eigenvalue weighted by atomic mass is 16.5. The van der Waals surface area contributed by atoms with E-state index in [2.05, 4.69) is 11.4 Å². The SMILES string of the molecule is N#C[C@@H]1CC[C@@H](COC(=O)c2ccccc2)N1. The summed E-state index contributed by atoms with van der Waals surface area (Å²) in [4.78, 5) is 11.6. The topological polar surface area (TPSA) is 62.1 Å². The average Bonchev–Trinajstić information content (AvgIpc) is 2.85. The zero-order chi connectivity index (χ0) is 12.1. The first kappa shape index (κ1) is 11.6. The Hall–Kier alpha value is -1.86. The molecule has 4 heteroatoms. The minimum Gasteiger partial charge on any atom is -0.460 e. The maximum atomic E-state index is 11.6. The molecular formula is C13H14N2O2. The monoisotopic (exact) mass is 230 g/mol. The third-order valence-electron chi connectivity index (χ3n) is 2.82. The summed E-state index contributed by atoms with van der Waals surface area (Å²) in [6, 6.07) is 11.1. The number of benzene rings is 1. The number of hydrogen-bond donors (Lipinski definition) is 1. The standard InChI is InChI=1S/C13H14N2O2/c14-8-11-6-7-12(15-11)9-17-13(16)10-4-2-1-3-5-10/h1-5,11-12,15H,6-7,9H2/t11-,12-/m0/s1. The van der Waals surface area contributed by atoms with E-state index >= 15 is 0 Å². The second-order valence-corrected chi connectivity index (χ2v) is 4.09. The Morgan fingerprint density at radius 3 is 2.82 bits per heavy atom. The maximum Gasteiger partial charge on any atom is 0.338 e. The molecule has 0 amide bonds. The number of carbonyl (C=O) groups excluding carboxylic acids is 1. The van der Waals surface area contributed by atoms with E-state index in [9.17, 15) is 4.79 Å². The lowest BCUT2D eigenvalue weighted by Gasteiger charge is -2.11. The fourth-order valence-corrected chi connectivity index (χ4v) is 1.89. The van der Waals surface area contributed by atoms with Crippen LogP contribution < -0.4 is 5.32 Å². The van der Waals surface area contributed by atoms with Crippen molar-refractivity contribution in [3.63, 3.8) is 0 Å². The van der Waals surface area contributed by atoms with Gasteiger partial charge in [0.25, 0.3) is 0 Å². The molecule has 1 fully saturated rings. The highest BCUT2D eigenvalue weighted by Crippen LogP contribution is 2.12. The van der Waals surface area contributed by atoms with Gasteiger partial charge in [0.1, 0.15) is 6.61 Å². The second-order valence-electron chi connectivity index (χ2n) is 4.09. The van der Waals surface area contributed by atoms with Crippen LogP contribution in [0.25, 0.3) is 0 Å². The predicted octanol–water partition coefficient (Wildman–Crippen LogP) is 1.49. The van der Waals surface area contributed by atoms with Crippen LogP contribution in [0.5, 0.6) is 0 Å². The summed E-state index contributed by atoms with van der Waals surface area (Å²) < 4.78 is 5.19. The van der Waals surface area contributed by atoms with Crippen molar-refractivity contribution in [2.75, 3.05) is 6.61 Å². The number of rotatable bonds is 3. The van der Waals surface area contributed by atoms with E-state index in [1.54, 1.807) is 24.3 Å². The first-order valence-corrected chi connectivity index (χ1v) is 5.67. The number of nitriles is 1. The molecule has 0 aromatic heterocycles. The Kier molecular flexibility index (Phi) is 3.73. The molecule has 1 aromatic carbocycles. The molecule has 4 nitrogen and oxygen atoms in total. The molecular weight excluding hydrogens is 216 g/mol. The van der Waals surface area contributed by atoms with Crippen molar-refractivity contribution in [1.82, 2.24) is 5.32 Å². The molecule has 88 valence electrons. The van der Waals surface area contributed by atoms with Crippen LogP contribution in [0.2, 0.25) is 0 Å². The number of esters is 1. The molecule has 1 aliphatic rings. The van der Waals surface area contributed by atoms with Gasteiger partial charge in [0.05, 0.1) is 17.7 Å². The van der Waals surface area contributed by atoms with Crippen molar-refractivity contribution in [3.8, 4) is 6.07 Å². The van der Waals surface area contributed by atoms with Gasteiger partial charge in [-0.1, -0.05) is 18.2 Å². The molecule has 0 spiro atoms. The number of hydrogen-bond acceptors (Lipinski definition) is 4. The lowest BCUT2D eigenvalue weighted by atomic mass is 10.2. The fourth-order valence-electron chi connectivity index (χ4n) is 1.89. The van der Waals surface area contributed by atoms with Crippen molar-refractivity contribution in [2.24, 2.45) is 0 Å². The van der Waals surface area contributed by atoms with Gasteiger partial charge in [-0.25, -0.2) is 4.79 Å². The summed E-state index contributed by atoms with van der Waals surface area (Å²) in [5, 5.41) is 11.8. The van der Waals surface area contributed by atoms with Gasteiger partial charge in [0.2, 0.25) is 0 Å². The summed E-state index contributed by atoms with van der Waals surface area (Å²) in [6.07, 6.45) is 1.70. The molecule has 2 atom stereocenters. The largest absolute Gasteiger partial charge is 0.460 e. The second kappa shape index (κ2) is 5.46. The quantitative estimate of drug-likeness (QED) is 0.799. The van der Waals surface area contributed by atoms with Gasteiger partial charge >= 0.3 is 5.97 Å². The Morgan fingerprint density at radius 2 is 2.18 bits per heavy atom. The Morgan fingerprint density at radius 1 is 1.41 bits per heavy atom. The number of nitrogens with one attached hydrogen (secondary N) is 1. The Labute approximate surface area is 100 Å². The molecule has 0 radical (unpaired) electrons. The van der Waals surface area contributed by atoms with Crippen LogP contribution in [0.15, 0.2) is 30.3 Å². The van der Waals surface area contributed by atoms with Crippen LogP contribution in [-0.4, -0.2) is 24.7 Å². The van der Waals surface area contributed by atoms with Gasteiger partial charge in [0.15, 0.2) is 0 Å². The minimum atomic E-state index is -0.312. The zero-order valence-electron chi connectivity index (χ0n) is 9.43. The zero-order valence-corrected chi connectivity index (χ0v) is 9.43. The lowest BCUT2D eigenvalue weighted by molar-refractivity contribution is 0.0472. The van der Waals surface area contributed by atoms with Crippen LogP contribution in [0.1, 0.15) is 23.2 Å². The van der Waals surface area contributed by atoms with Crippen molar-refractivity contribution >= 4 is 5.97 Å². The first-order chi connectivity index (χ1) is 8.29. The predicted molar refractivity (Wildman–Crippen MR) is 62.3 cm³/mol. The summed E-state index contributed by atoms with van der Waals surface area (Å²) in [5.74, 6) is -0.312. The summed E-state index contributed by atoms with van der Waals surface area (Å²) in [5.41, 5.74) is 0.558. The van der Waals surface area contributed by atoms with Crippen LogP contribution in [0, 0.1) is 11.3 Å². The normalized spacial score (nSPS) is 23.0. The van der Waals surface area contributed by atoms with E-state index in [-0.39, 0.29) is 18.1 Å². The van der Waals surface area contributed by atoms with Crippen molar-refractivity contribution in [2.45, 2.75) is 24.9 Å². The molecule has 1 heterocycles. The third-order valence-corrected chi connectivity index (χ3v) is 2.82. The Balaban J connectivity index is 1.80. The van der Waals surface area contributed by atoms with E-state index < -0.39 is 0 Å². The highest BCUT2D eigenvalue weighted by molar-refractivity contribution is 5.89. The van der Waals surface area contributed by atoms with Gasteiger partial charge in [0, 0.05) is 6.04 Å². The van der Waals surface area contributed by atoms with Gasteiger partial charge < -0.3 is 4.74 Å². The molecule has 17 heavy (non-hydrogen) atoms. The average molecular weight is 230 g/mol. The summed E-state index contributed by atoms with van der Waals surface area (Å²) >= 11 is 0. The van der Waals surface area contributed by atoms with E-state index in [4.69, 9.17) is 10.00 Å². The van der Waals surface area contributed by atoms with Gasteiger partial charge in [-0.15, -0.1) is 0 Å². The summed E-state index contributed by atoms with van der Waals surface area (Å²) in [6.45, 7) is 0.325. The molecule has 1 N–H and O–H groups in total. The van der Waals surface area contributed by atoms with Crippen LogP contribution in [-0.2, 0) is 4.74 Å². The molecule has 1 aliphatic heterocycles. The molecule has 0 aliphatic carbocycles. The molecule has 0 bridgehead atoms. The molecule has 1 saturated heterocycles. The van der Waals surface area contributed by atoms with Crippen LogP contribution in [0.3, 0.4) is 0 Å². The van der Waals surface area contributed by atoms with E-state index in [0.717, 1.165) is 12.8 Å². The number of carbonyl (C=O) groups is 1. The third kappa shape index (κ3) is 3.05. The number of ether oxygens (including phenoxy) is 1. The fraction of sp³-hybridized carbons (Fsp3) is 0.385.